The minimum Gasteiger partial charge on any atom is -0.475 e. The van der Waals surface area contributed by atoms with Gasteiger partial charge in [0, 0.05) is 24.2 Å². The van der Waals surface area contributed by atoms with Crippen LogP contribution in [0.3, 0.4) is 0 Å². The molecule has 2 aliphatic carbocycles. The lowest BCUT2D eigenvalue weighted by atomic mass is 9.82. The summed E-state index contributed by atoms with van der Waals surface area (Å²) < 4.78 is 17.5. The van der Waals surface area contributed by atoms with Crippen LogP contribution in [0.2, 0.25) is 0 Å². The number of fused-ring (bicyclic) bond motifs is 1. The fourth-order valence-corrected chi connectivity index (χ4v) is 4.18. The molecular formula is C18H26N2O3. The van der Waals surface area contributed by atoms with E-state index in [1.807, 2.05) is 0 Å². The lowest BCUT2D eigenvalue weighted by Crippen LogP contribution is -2.38. The van der Waals surface area contributed by atoms with Crippen LogP contribution < -0.4 is 0 Å². The van der Waals surface area contributed by atoms with Gasteiger partial charge in [-0.05, 0) is 38.5 Å². The zero-order chi connectivity index (χ0) is 15.6. The molecular weight excluding hydrogens is 292 g/mol. The molecule has 126 valence electrons. The second kappa shape index (κ2) is 6.78. The predicted octanol–water partition coefficient (Wildman–Crippen LogP) is 2.70. The van der Waals surface area contributed by atoms with Crippen molar-refractivity contribution in [1.82, 2.24) is 0 Å². The summed E-state index contributed by atoms with van der Waals surface area (Å²) in [5.41, 5.74) is 0. The number of hydrogen-bond acceptors (Lipinski definition) is 5. The molecule has 0 spiro atoms. The predicted molar refractivity (Wildman–Crippen MR) is 85.1 cm³/mol. The zero-order valence-electron chi connectivity index (χ0n) is 13.7. The molecule has 0 radical (unpaired) electrons. The van der Waals surface area contributed by atoms with Crippen LogP contribution in [0, 0.1) is 29.1 Å². The monoisotopic (exact) mass is 318 g/mol. The van der Waals surface area contributed by atoms with E-state index in [0.717, 1.165) is 70.7 Å². The molecule has 0 aromatic carbocycles. The molecule has 4 aliphatic rings. The third kappa shape index (κ3) is 3.39. The highest BCUT2D eigenvalue weighted by molar-refractivity contribution is 5.80. The molecule has 5 nitrogen and oxygen atoms in total. The molecule has 0 bridgehead atoms. The number of rotatable bonds is 4. The van der Waals surface area contributed by atoms with Gasteiger partial charge < -0.3 is 14.2 Å². The molecule has 23 heavy (non-hydrogen) atoms. The van der Waals surface area contributed by atoms with E-state index in [-0.39, 0.29) is 12.0 Å². The first-order valence-corrected chi connectivity index (χ1v) is 9.15. The van der Waals surface area contributed by atoms with E-state index >= 15 is 0 Å². The van der Waals surface area contributed by atoms with Crippen LogP contribution in [0.5, 0.6) is 0 Å². The first-order valence-electron chi connectivity index (χ1n) is 9.15. The van der Waals surface area contributed by atoms with Gasteiger partial charge in [0.1, 0.15) is 6.10 Å². The van der Waals surface area contributed by atoms with E-state index in [1.54, 1.807) is 0 Å². The Bertz CT molecular complexity index is 489. The fourth-order valence-electron chi connectivity index (χ4n) is 4.18. The van der Waals surface area contributed by atoms with Gasteiger partial charge in [-0.15, -0.1) is 0 Å². The summed E-state index contributed by atoms with van der Waals surface area (Å²) in [6.45, 7) is 2.54. The zero-order valence-corrected chi connectivity index (χ0v) is 13.7. The summed E-state index contributed by atoms with van der Waals surface area (Å²) in [5.74, 6) is 2.25. The lowest BCUT2D eigenvalue weighted by molar-refractivity contribution is -0.0988. The van der Waals surface area contributed by atoms with Crippen molar-refractivity contribution in [2.45, 2.75) is 63.2 Å². The van der Waals surface area contributed by atoms with Crippen molar-refractivity contribution in [1.29, 1.82) is 5.26 Å². The van der Waals surface area contributed by atoms with Gasteiger partial charge in [-0.2, -0.15) is 5.26 Å². The number of hydrogen-bond donors (Lipinski definition) is 0. The maximum atomic E-state index is 9.02. The van der Waals surface area contributed by atoms with E-state index in [2.05, 4.69) is 6.07 Å². The number of nitriles is 1. The molecule has 5 heteroatoms. The van der Waals surface area contributed by atoms with Gasteiger partial charge in [-0.25, -0.2) is 4.99 Å². The van der Waals surface area contributed by atoms with Gasteiger partial charge in [0.05, 0.1) is 38.0 Å². The first kappa shape index (κ1) is 15.4. The Morgan fingerprint density at radius 1 is 1.13 bits per heavy atom. The van der Waals surface area contributed by atoms with Crippen LogP contribution in [-0.4, -0.2) is 44.0 Å². The smallest absolute Gasteiger partial charge is 0.187 e. The third-order valence-electron chi connectivity index (χ3n) is 5.81. The summed E-state index contributed by atoms with van der Waals surface area (Å²) in [5, 5.41) is 9.02. The van der Waals surface area contributed by atoms with E-state index in [4.69, 9.17) is 24.5 Å². The summed E-state index contributed by atoms with van der Waals surface area (Å²) in [7, 11) is 0. The van der Waals surface area contributed by atoms with Crippen LogP contribution in [0.4, 0.5) is 0 Å². The summed E-state index contributed by atoms with van der Waals surface area (Å²) >= 11 is 0. The average molecular weight is 318 g/mol. The average Bonchev–Trinajstić information content (AvgIpc) is 2.97. The minimum atomic E-state index is 0.218. The third-order valence-corrected chi connectivity index (χ3v) is 5.81. The van der Waals surface area contributed by atoms with Gasteiger partial charge in [0.15, 0.2) is 5.90 Å². The van der Waals surface area contributed by atoms with Gasteiger partial charge in [0.25, 0.3) is 0 Å². The Morgan fingerprint density at radius 3 is 2.65 bits per heavy atom. The lowest BCUT2D eigenvalue weighted by Gasteiger charge is -2.33. The molecule has 3 unspecified atom stereocenters. The topological polar surface area (TPSA) is 63.8 Å². The van der Waals surface area contributed by atoms with Crippen LogP contribution in [-0.2, 0) is 14.2 Å². The molecule has 0 amide bonds. The maximum Gasteiger partial charge on any atom is 0.187 e. The van der Waals surface area contributed by atoms with E-state index in [9.17, 15) is 0 Å². The van der Waals surface area contributed by atoms with Crippen molar-refractivity contribution in [3.05, 3.63) is 0 Å². The van der Waals surface area contributed by atoms with Crippen LogP contribution in [0.15, 0.2) is 4.99 Å². The van der Waals surface area contributed by atoms with E-state index in [0.29, 0.717) is 24.0 Å². The second-order valence-electron chi connectivity index (χ2n) is 7.54. The van der Waals surface area contributed by atoms with Crippen LogP contribution in [0.1, 0.15) is 44.9 Å². The van der Waals surface area contributed by atoms with Gasteiger partial charge in [-0.3, -0.25) is 0 Å². The molecule has 0 N–H and O–H groups in total. The highest BCUT2D eigenvalue weighted by atomic mass is 16.5. The van der Waals surface area contributed by atoms with E-state index < -0.39 is 0 Å². The summed E-state index contributed by atoms with van der Waals surface area (Å²) in [6, 6.07) is 2.74. The Labute approximate surface area is 138 Å². The van der Waals surface area contributed by atoms with E-state index in [1.165, 1.54) is 0 Å². The quantitative estimate of drug-likeness (QED) is 0.799. The molecule has 0 aromatic rings. The van der Waals surface area contributed by atoms with Crippen molar-refractivity contribution < 1.29 is 14.2 Å². The molecule has 2 saturated carbocycles. The van der Waals surface area contributed by atoms with Crippen LogP contribution >= 0.6 is 0 Å². The summed E-state index contributed by atoms with van der Waals surface area (Å²) in [4.78, 5) is 4.88. The Balaban J connectivity index is 1.26. The number of aliphatic imine (C=N–C) groups is 1. The highest BCUT2D eigenvalue weighted by Gasteiger charge is 2.40. The fraction of sp³-hybridized carbons (Fsp3) is 0.889. The first-order chi connectivity index (χ1) is 11.3. The molecule has 3 fully saturated rings. The molecule has 4 rings (SSSR count). The van der Waals surface area contributed by atoms with Gasteiger partial charge in [-0.1, -0.05) is 0 Å². The molecule has 2 aliphatic heterocycles. The molecule has 0 aromatic heterocycles. The SMILES string of the molecule is N#CC1CCC(C2=NC3CCC(OCC4COC4)CC3O2)CC1. The van der Waals surface area contributed by atoms with Crippen LogP contribution in [0.25, 0.3) is 0 Å². The highest BCUT2D eigenvalue weighted by Crippen LogP contribution is 2.36. The standard InChI is InChI=1S/C18H26N2O3/c19-8-12-1-3-14(4-2-12)18-20-16-6-5-15(7-17(16)23-18)22-11-13-9-21-10-13/h12-17H,1-7,9-11H2. The Hall–Kier alpha value is -1.12. The molecule has 2 heterocycles. The Kier molecular flexibility index (Phi) is 4.54. The molecule has 1 saturated heterocycles. The minimum absolute atomic E-state index is 0.218. The molecule has 3 atom stereocenters. The normalized spacial score (nSPS) is 40.5. The van der Waals surface area contributed by atoms with Crippen molar-refractivity contribution in [2.24, 2.45) is 22.7 Å². The van der Waals surface area contributed by atoms with Crippen molar-refractivity contribution in [3.63, 3.8) is 0 Å². The van der Waals surface area contributed by atoms with Crippen molar-refractivity contribution in [2.75, 3.05) is 19.8 Å². The number of ether oxygens (including phenoxy) is 3. The summed E-state index contributed by atoms with van der Waals surface area (Å²) in [6.07, 6.45) is 7.77. The second-order valence-corrected chi connectivity index (χ2v) is 7.54. The largest absolute Gasteiger partial charge is 0.475 e. The number of nitrogens with zero attached hydrogens (tertiary/aromatic N) is 2. The van der Waals surface area contributed by atoms with Crippen molar-refractivity contribution in [3.8, 4) is 6.07 Å². The van der Waals surface area contributed by atoms with Gasteiger partial charge in [0.2, 0.25) is 0 Å². The van der Waals surface area contributed by atoms with Crippen molar-refractivity contribution >= 4 is 5.90 Å². The maximum absolute atomic E-state index is 9.02. The van der Waals surface area contributed by atoms with Gasteiger partial charge >= 0.3 is 0 Å². The Morgan fingerprint density at radius 2 is 1.96 bits per heavy atom.